The second-order valence-corrected chi connectivity index (χ2v) is 2.82. The van der Waals surface area contributed by atoms with Crippen molar-refractivity contribution in [1.29, 1.82) is 0 Å². The van der Waals surface area contributed by atoms with Crippen molar-refractivity contribution in [3.63, 3.8) is 0 Å². The van der Waals surface area contributed by atoms with E-state index in [0.29, 0.717) is 5.56 Å². The summed E-state index contributed by atoms with van der Waals surface area (Å²) < 4.78 is 0. The van der Waals surface area contributed by atoms with Crippen molar-refractivity contribution in [3.05, 3.63) is 54.8 Å². The molecule has 0 aliphatic rings. The molecule has 1 rings (SSSR count). The Bertz CT molecular complexity index is 285. The Morgan fingerprint density at radius 1 is 1.29 bits per heavy atom. The summed E-state index contributed by atoms with van der Waals surface area (Å²) in [7, 11) is 0. The van der Waals surface area contributed by atoms with E-state index < -0.39 is 11.4 Å². The van der Waals surface area contributed by atoms with E-state index in [1.165, 1.54) is 6.92 Å². The molecule has 0 saturated heterocycles. The standard InChI is InChI=1S/C9H11N2O.CH3.Ru/c1-9(11,8(10)12)7-5-3-2-4-6-7;;/h2-6,11H,1H3,(H2,10,12);1H3;/q2*-1;+3/p-1. The van der Waals surface area contributed by atoms with Gasteiger partial charge in [-0.05, 0) is 0 Å². The molecule has 0 aromatic heterocycles. The Morgan fingerprint density at radius 2 is 1.71 bits per heavy atom. The number of nitrogens with one attached hydrogen (secondary N) is 2. The third-order valence-electron chi connectivity index (χ3n) is 1.81. The van der Waals surface area contributed by atoms with Crippen LogP contribution < -0.4 is 0 Å². The van der Waals surface area contributed by atoms with Crippen LogP contribution in [0.4, 0.5) is 0 Å². The van der Waals surface area contributed by atoms with E-state index in [9.17, 15) is 4.79 Å². The summed E-state index contributed by atoms with van der Waals surface area (Å²) in [5, 5.41) is 0. The monoisotopic (exact) mass is 279 g/mol. The molecule has 14 heavy (non-hydrogen) atoms. The Morgan fingerprint density at radius 3 is 2.07 bits per heavy atom. The average molecular weight is 278 g/mol. The summed E-state index contributed by atoms with van der Waals surface area (Å²) in [5.74, 6) is -0.881. The van der Waals surface area contributed by atoms with Crippen LogP contribution in [0.3, 0.4) is 0 Å². The van der Waals surface area contributed by atoms with Crippen LogP contribution in [-0.4, -0.2) is 5.91 Å². The normalized spacial score (nSPS) is 13.0. The largest absolute Gasteiger partial charge is 3.00 e. The van der Waals surface area contributed by atoms with Gasteiger partial charge in [0.1, 0.15) is 0 Å². The molecule has 0 bridgehead atoms. The van der Waals surface area contributed by atoms with Crippen LogP contribution in [0.25, 0.3) is 11.5 Å². The first-order chi connectivity index (χ1) is 5.55. The molecule has 1 aromatic rings. The summed E-state index contributed by atoms with van der Waals surface area (Å²) >= 11 is 0. The predicted octanol–water partition coefficient (Wildman–Crippen LogP) is 2.98. The number of hydrogen-bond acceptors (Lipinski definition) is 1. The third kappa shape index (κ3) is 3.20. The van der Waals surface area contributed by atoms with Crippen molar-refractivity contribution in [2.45, 2.75) is 12.5 Å². The molecule has 0 aliphatic heterocycles. The molecule has 1 aromatic carbocycles. The first-order valence-corrected chi connectivity index (χ1v) is 3.61. The number of amides is 1. The molecule has 0 saturated carbocycles. The van der Waals surface area contributed by atoms with E-state index in [1.807, 2.05) is 6.07 Å². The maximum absolute atomic E-state index is 10.7. The molecule has 0 fully saturated rings. The van der Waals surface area contributed by atoms with Gasteiger partial charge in [0.25, 0.3) is 0 Å². The molecule has 0 spiro atoms. The molecule has 0 aliphatic carbocycles. The zero-order valence-corrected chi connectivity index (χ0v) is 9.89. The third-order valence-corrected chi connectivity index (χ3v) is 1.81. The summed E-state index contributed by atoms with van der Waals surface area (Å²) in [5.41, 5.74) is 13.6. The number of rotatable bonds is 2. The molecule has 3 nitrogen and oxygen atoms in total. The fourth-order valence-corrected chi connectivity index (χ4v) is 0.903. The topological polar surface area (TPSA) is 64.7 Å². The van der Waals surface area contributed by atoms with Gasteiger partial charge in [-0.25, -0.2) is 0 Å². The minimum absolute atomic E-state index is 0. The number of carbonyl (C=O) groups excluding carboxylic acids is 1. The molecular weight excluding hydrogens is 265 g/mol. The van der Waals surface area contributed by atoms with E-state index in [4.69, 9.17) is 11.5 Å². The van der Waals surface area contributed by atoms with Crippen LogP contribution in [0.2, 0.25) is 0 Å². The summed E-state index contributed by atoms with van der Waals surface area (Å²) in [6.45, 7) is 1.43. The molecule has 1 amide bonds. The van der Waals surface area contributed by atoms with Crippen molar-refractivity contribution >= 4 is 5.91 Å². The second kappa shape index (κ2) is 5.89. The number of hydrogen-bond donors (Lipinski definition) is 0. The summed E-state index contributed by atoms with van der Waals surface area (Å²) in [4.78, 5) is 10.7. The van der Waals surface area contributed by atoms with E-state index in [-0.39, 0.29) is 26.9 Å². The Hall–Kier alpha value is -0.727. The van der Waals surface area contributed by atoms with Gasteiger partial charge in [-0.2, -0.15) is 0 Å². The number of carbonyl (C=O) groups is 1. The van der Waals surface area contributed by atoms with Crippen molar-refractivity contribution < 1.29 is 24.3 Å². The first-order valence-electron chi connectivity index (χ1n) is 3.61. The second-order valence-electron chi connectivity index (χ2n) is 2.82. The van der Waals surface area contributed by atoms with Crippen LogP contribution >= 0.6 is 0 Å². The van der Waals surface area contributed by atoms with E-state index in [0.717, 1.165) is 0 Å². The fraction of sp³-hybridized carbons (Fsp3) is 0.200. The SMILES string of the molecule is CC([NH-])(C([NH-])=O)c1ccccc1.[CH3-].[Ru+3]. The van der Waals surface area contributed by atoms with Gasteiger partial charge < -0.3 is 23.7 Å². The molecule has 4 heteroatoms. The first kappa shape index (κ1) is 15.7. The van der Waals surface area contributed by atoms with E-state index in [2.05, 4.69) is 0 Å². The average Bonchev–Trinajstić information content (AvgIpc) is 2.06. The maximum Gasteiger partial charge on any atom is 3.00 e. The van der Waals surface area contributed by atoms with Crippen LogP contribution in [0, 0.1) is 7.43 Å². The van der Waals surface area contributed by atoms with Gasteiger partial charge in [-0.15, -0.1) is 0 Å². The fourth-order valence-electron chi connectivity index (χ4n) is 0.903. The Labute approximate surface area is 97.6 Å². The van der Waals surface area contributed by atoms with Crippen molar-refractivity contribution in [1.82, 2.24) is 0 Å². The molecule has 1 radical (unpaired) electrons. The molecule has 2 N–H and O–H groups in total. The van der Waals surface area contributed by atoms with Gasteiger partial charge in [0.2, 0.25) is 0 Å². The van der Waals surface area contributed by atoms with Crippen molar-refractivity contribution in [2.75, 3.05) is 0 Å². The van der Waals surface area contributed by atoms with Crippen molar-refractivity contribution in [3.8, 4) is 0 Å². The maximum atomic E-state index is 10.7. The van der Waals surface area contributed by atoms with Crippen LogP contribution in [0.15, 0.2) is 30.3 Å². The van der Waals surface area contributed by atoms with E-state index >= 15 is 0 Å². The van der Waals surface area contributed by atoms with Crippen molar-refractivity contribution in [2.24, 2.45) is 0 Å². The van der Waals surface area contributed by atoms with Gasteiger partial charge >= 0.3 is 19.5 Å². The van der Waals surface area contributed by atoms with Gasteiger partial charge in [-0.3, -0.25) is 0 Å². The van der Waals surface area contributed by atoms with Gasteiger partial charge in [0, 0.05) is 5.91 Å². The molecule has 1 unspecified atom stereocenters. The van der Waals surface area contributed by atoms with Crippen LogP contribution in [0.1, 0.15) is 12.5 Å². The van der Waals surface area contributed by atoms with Gasteiger partial charge in [0.15, 0.2) is 0 Å². The Kier molecular flexibility index (Phi) is 6.62. The minimum Gasteiger partial charge on any atom is -0.669 e. The molecule has 1 atom stereocenters. The smallest absolute Gasteiger partial charge is 0.669 e. The van der Waals surface area contributed by atoms with E-state index in [1.54, 1.807) is 24.3 Å². The van der Waals surface area contributed by atoms with Gasteiger partial charge in [-0.1, -0.05) is 48.4 Å². The molecular formula is C10H13N2ORu. The quantitative estimate of drug-likeness (QED) is 0.606. The predicted molar refractivity (Wildman–Crippen MR) is 53.9 cm³/mol. The summed E-state index contributed by atoms with van der Waals surface area (Å²) in [6.07, 6.45) is 0. The Balaban J connectivity index is 0. The number of benzene rings is 1. The van der Waals surface area contributed by atoms with Gasteiger partial charge in [0.05, 0.1) is 0 Å². The zero-order valence-electron chi connectivity index (χ0n) is 8.15. The minimum atomic E-state index is -1.43. The van der Waals surface area contributed by atoms with Crippen LogP contribution in [-0.2, 0) is 29.8 Å². The molecule has 0 heterocycles. The molecule has 77 valence electrons. The zero-order chi connectivity index (χ0) is 9.19. The van der Waals surface area contributed by atoms with Crippen LogP contribution in [0.5, 0.6) is 0 Å². The summed E-state index contributed by atoms with van der Waals surface area (Å²) in [6, 6.07) is 8.68.